The zero-order chi connectivity index (χ0) is 21.4. The van der Waals surface area contributed by atoms with Crippen LogP contribution in [0.1, 0.15) is 41.0 Å². The second-order valence-corrected chi connectivity index (χ2v) is 9.50. The number of piperidine rings is 3. The van der Waals surface area contributed by atoms with Crippen molar-refractivity contribution in [1.82, 2.24) is 4.90 Å². The maximum atomic E-state index is 2.79. The molecule has 3 saturated heterocycles. The van der Waals surface area contributed by atoms with Gasteiger partial charge in [0.05, 0.1) is 0 Å². The van der Waals surface area contributed by atoms with E-state index in [2.05, 4.69) is 110 Å². The number of para-hydroxylation sites is 1. The van der Waals surface area contributed by atoms with Crippen molar-refractivity contribution in [3.8, 4) is 0 Å². The Morgan fingerprint density at radius 2 is 1.26 bits per heavy atom. The first-order chi connectivity index (χ1) is 15.1. The Kier molecular flexibility index (Phi) is 5.58. The fraction of sp³-hybridized carbons (Fsp3) is 0.379. The molecule has 2 heteroatoms. The highest BCUT2D eigenvalue weighted by Crippen LogP contribution is 2.45. The third kappa shape index (κ3) is 3.68. The molecule has 0 aromatic heterocycles. The predicted octanol–water partition coefficient (Wildman–Crippen LogP) is 6.03. The van der Waals surface area contributed by atoms with Crippen molar-refractivity contribution in [3.63, 3.8) is 0 Å². The summed E-state index contributed by atoms with van der Waals surface area (Å²) in [6.45, 7) is 6.98. The fourth-order valence-electron chi connectivity index (χ4n) is 6.43. The zero-order valence-electron chi connectivity index (χ0n) is 19.0. The minimum absolute atomic E-state index is 0.377. The summed E-state index contributed by atoms with van der Waals surface area (Å²) in [6, 6.07) is 30.1. The maximum absolute atomic E-state index is 2.79. The average molecular weight is 411 g/mol. The Morgan fingerprint density at radius 3 is 1.77 bits per heavy atom. The van der Waals surface area contributed by atoms with E-state index in [0.717, 1.165) is 5.92 Å². The van der Waals surface area contributed by atoms with Crippen LogP contribution in [-0.2, 0) is 0 Å². The highest BCUT2D eigenvalue weighted by Gasteiger charge is 2.48. The van der Waals surface area contributed by atoms with Crippen molar-refractivity contribution in [1.29, 1.82) is 0 Å². The molecule has 2 atom stereocenters. The standard InChI is InChI=1S/C29H34N2/c1-21-11-10-12-22(2)27(21)30(3)28-25-17-19-31(20-18-25)29(28)26(23-13-6-4-7-14-23)24-15-8-5-9-16-24/h4-16,25-26,28-29H,17-20H2,1-3H3/t28-,29-/m1/s1. The largest absolute Gasteiger partial charge is 0.369 e. The molecule has 3 aromatic rings. The van der Waals surface area contributed by atoms with Crippen molar-refractivity contribution in [2.24, 2.45) is 5.92 Å². The van der Waals surface area contributed by atoms with Gasteiger partial charge in [-0.05, 0) is 68.0 Å². The Labute approximate surface area is 187 Å². The SMILES string of the molecule is Cc1cccc(C)c1N(C)[C@@H]1C2CCN(CC2)[C@@H]1C(c1ccccc1)c1ccccc1. The Hall–Kier alpha value is -2.58. The van der Waals surface area contributed by atoms with Gasteiger partial charge in [-0.1, -0.05) is 78.9 Å². The summed E-state index contributed by atoms with van der Waals surface area (Å²) in [5.41, 5.74) is 7.06. The van der Waals surface area contributed by atoms with Crippen LogP contribution in [0.2, 0.25) is 0 Å². The normalized spacial score (nSPS) is 25.0. The number of likely N-dealkylation sites (N-methyl/N-ethyl adjacent to an activating group) is 1. The first kappa shape index (κ1) is 20.3. The topological polar surface area (TPSA) is 6.48 Å². The molecule has 3 heterocycles. The molecule has 2 bridgehead atoms. The monoisotopic (exact) mass is 410 g/mol. The summed E-state index contributed by atoms with van der Waals surface area (Å²) in [7, 11) is 2.35. The molecule has 0 spiro atoms. The second-order valence-electron chi connectivity index (χ2n) is 9.50. The van der Waals surface area contributed by atoms with Gasteiger partial charge in [-0.2, -0.15) is 0 Å². The van der Waals surface area contributed by atoms with E-state index in [0.29, 0.717) is 18.0 Å². The number of rotatable bonds is 5. The molecule has 2 nitrogen and oxygen atoms in total. The summed E-state index contributed by atoms with van der Waals surface area (Å²) >= 11 is 0. The average Bonchev–Trinajstić information content (AvgIpc) is 2.81. The third-order valence-electron chi connectivity index (χ3n) is 7.73. The molecule has 0 unspecified atom stereocenters. The van der Waals surface area contributed by atoms with E-state index in [4.69, 9.17) is 0 Å². The lowest BCUT2D eigenvalue weighted by molar-refractivity contribution is 0.0185. The van der Waals surface area contributed by atoms with E-state index in [1.807, 2.05) is 0 Å². The summed E-state index contributed by atoms with van der Waals surface area (Å²) in [4.78, 5) is 5.43. The van der Waals surface area contributed by atoms with Gasteiger partial charge in [0, 0.05) is 30.7 Å². The maximum Gasteiger partial charge on any atom is 0.0480 e. The molecule has 3 aliphatic rings. The summed E-state index contributed by atoms with van der Waals surface area (Å²) in [6.07, 6.45) is 2.62. The van der Waals surface area contributed by atoms with Gasteiger partial charge in [-0.25, -0.2) is 0 Å². The van der Waals surface area contributed by atoms with E-state index in [-0.39, 0.29) is 0 Å². The molecular weight excluding hydrogens is 376 g/mol. The van der Waals surface area contributed by atoms with E-state index in [1.165, 1.54) is 53.9 Å². The summed E-state index contributed by atoms with van der Waals surface area (Å²) in [5.74, 6) is 1.12. The van der Waals surface area contributed by atoms with E-state index in [1.54, 1.807) is 0 Å². The van der Waals surface area contributed by atoms with Gasteiger partial charge in [0.25, 0.3) is 0 Å². The molecule has 0 radical (unpaired) electrons. The molecule has 0 aliphatic carbocycles. The van der Waals surface area contributed by atoms with Crippen molar-refractivity contribution in [2.75, 3.05) is 25.0 Å². The number of fused-ring (bicyclic) bond motifs is 3. The van der Waals surface area contributed by atoms with Gasteiger partial charge < -0.3 is 4.90 Å². The quantitative estimate of drug-likeness (QED) is 0.506. The van der Waals surface area contributed by atoms with Crippen LogP contribution in [0.25, 0.3) is 0 Å². The number of anilines is 1. The van der Waals surface area contributed by atoms with Gasteiger partial charge in [0.2, 0.25) is 0 Å². The molecule has 3 fully saturated rings. The minimum atomic E-state index is 0.377. The van der Waals surface area contributed by atoms with E-state index < -0.39 is 0 Å². The van der Waals surface area contributed by atoms with Crippen LogP contribution >= 0.6 is 0 Å². The number of benzene rings is 3. The van der Waals surface area contributed by atoms with Crippen molar-refractivity contribution >= 4 is 5.69 Å². The second kappa shape index (κ2) is 8.51. The van der Waals surface area contributed by atoms with Crippen LogP contribution in [0, 0.1) is 19.8 Å². The van der Waals surface area contributed by atoms with E-state index in [9.17, 15) is 0 Å². The first-order valence-electron chi connectivity index (χ1n) is 11.8. The van der Waals surface area contributed by atoms with Crippen molar-refractivity contribution in [3.05, 3.63) is 101 Å². The Bertz CT molecular complexity index is 946. The van der Waals surface area contributed by atoms with Crippen LogP contribution in [0.3, 0.4) is 0 Å². The highest BCUT2D eigenvalue weighted by molar-refractivity contribution is 5.60. The highest BCUT2D eigenvalue weighted by atomic mass is 15.3. The van der Waals surface area contributed by atoms with Crippen molar-refractivity contribution in [2.45, 2.75) is 44.7 Å². The number of aryl methyl sites for hydroxylation is 2. The molecule has 0 N–H and O–H groups in total. The lowest BCUT2D eigenvalue weighted by atomic mass is 9.70. The lowest BCUT2D eigenvalue weighted by Crippen LogP contribution is -2.65. The number of hydrogen-bond donors (Lipinski definition) is 0. The first-order valence-corrected chi connectivity index (χ1v) is 11.8. The van der Waals surface area contributed by atoms with Crippen LogP contribution in [0.4, 0.5) is 5.69 Å². The molecule has 3 aromatic carbocycles. The molecular formula is C29H34N2. The van der Waals surface area contributed by atoms with Gasteiger partial charge >= 0.3 is 0 Å². The molecule has 31 heavy (non-hydrogen) atoms. The number of hydrogen-bond acceptors (Lipinski definition) is 2. The Balaban J connectivity index is 1.63. The van der Waals surface area contributed by atoms with Gasteiger partial charge in [-0.15, -0.1) is 0 Å². The lowest BCUT2D eigenvalue weighted by Gasteiger charge is -2.57. The molecule has 0 saturated carbocycles. The van der Waals surface area contributed by atoms with E-state index >= 15 is 0 Å². The van der Waals surface area contributed by atoms with Gasteiger partial charge in [0.1, 0.15) is 0 Å². The summed E-state index contributed by atoms with van der Waals surface area (Å²) < 4.78 is 0. The Morgan fingerprint density at radius 1 is 0.742 bits per heavy atom. The molecule has 6 rings (SSSR count). The van der Waals surface area contributed by atoms with Crippen molar-refractivity contribution < 1.29 is 0 Å². The smallest absolute Gasteiger partial charge is 0.0480 e. The minimum Gasteiger partial charge on any atom is -0.369 e. The van der Waals surface area contributed by atoms with Crippen LogP contribution in [0.15, 0.2) is 78.9 Å². The third-order valence-corrected chi connectivity index (χ3v) is 7.73. The zero-order valence-corrected chi connectivity index (χ0v) is 19.0. The van der Waals surface area contributed by atoms with Gasteiger partial charge in [0.15, 0.2) is 0 Å². The fourth-order valence-corrected chi connectivity index (χ4v) is 6.43. The number of nitrogens with zero attached hydrogens (tertiary/aromatic N) is 2. The van der Waals surface area contributed by atoms with Crippen LogP contribution in [-0.4, -0.2) is 37.1 Å². The summed E-state index contributed by atoms with van der Waals surface area (Å²) in [5, 5.41) is 0. The van der Waals surface area contributed by atoms with Crippen LogP contribution < -0.4 is 4.90 Å². The molecule has 3 aliphatic heterocycles. The molecule has 0 amide bonds. The van der Waals surface area contributed by atoms with Gasteiger partial charge in [-0.3, -0.25) is 4.90 Å². The molecule has 160 valence electrons. The predicted molar refractivity (Wildman–Crippen MR) is 131 cm³/mol. The van der Waals surface area contributed by atoms with Crippen LogP contribution in [0.5, 0.6) is 0 Å².